The fourth-order valence-corrected chi connectivity index (χ4v) is 1.64. The SMILES string of the molecule is CCCCN(Cc1ccc([N+](=O)[O-])cc1)C(C)=O. The zero-order valence-corrected chi connectivity index (χ0v) is 10.8. The highest BCUT2D eigenvalue weighted by molar-refractivity contribution is 5.73. The summed E-state index contributed by atoms with van der Waals surface area (Å²) in [6, 6.07) is 6.32. The number of hydrogen-bond acceptors (Lipinski definition) is 3. The quantitative estimate of drug-likeness (QED) is 0.576. The Morgan fingerprint density at radius 3 is 2.39 bits per heavy atom. The van der Waals surface area contributed by atoms with E-state index in [0.29, 0.717) is 6.54 Å². The number of nitro benzene ring substituents is 1. The molecular weight excluding hydrogens is 232 g/mol. The Bertz CT molecular complexity index is 415. The molecule has 0 aliphatic carbocycles. The Kier molecular flexibility index (Phi) is 5.30. The first-order chi connectivity index (χ1) is 8.54. The summed E-state index contributed by atoms with van der Waals surface area (Å²) in [5, 5.41) is 10.5. The normalized spacial score (nSPS) is 10.1. The predicted molar refractivity (Wildman–Crippen MR) is 69.1 cm³/mol. The lowest BCUT2D eigenvalue weighted by Gasteiger charge is -2.20. The summed E-state index contributed by atoms with van der Waals surface area (Å²) in [6.07, 6.45) is 2.00. The van der Waals surface area contributed by atoms with Crippen LogP contribution in [0.2, 0.25) is 0 Å². The molecule has 5 nitrogen and oxygen atoms in total. The van der Waals surface area contributed by atoms with Gasteiger partial charge in [-0.2, -0.15) is 0 Å². The fourth-order valence-electron chi connectivity index (χ4n) is 1.64. The van der Waals surface area contributed by atoms with E-state index in [9.17, 15) is 14.9 Å². The predicted octanol–water partition coefficient (Wildman–Crippen LogP) is 2.74. The van der Waals surface area contributed by atoms with Crippen LogP contribution in [0, 0.1) is 10.1 Å². The molecule has 0 saturated carbocycles. The molecule has 0 radical (unpaired) electrons. The van der Waals surface area contributed by atoms with Crippen molar-refractivity contribution < 1.29 is 9.72 Å². The number of non-ortho nitro benzene ring substituents is 1. The van der Waals surface area contributed by atoms with Crippen LogP contribution in [0.25, 0.3) is 0 Å². The van der Waals surface area contributed by atoms with Crippen LogP contribution in [0.4, 0.5) is 5.69 Å². The van der Waals surface area contributed by atoms with Gasteiger partial charge in [0, 0.05) is 32.1 Å². The molecule has 1 aromatic carbocycles. The molecular formula is C13H18N2O3. The van der Waals surface area contributed by atoms with Crippen LogP contribution in [0.15, 0.2) is 24.3 Å². The zero-order valence-electron chi connectivity index (χ0n) is 10.8. The molecule has 0 fully saturated rings. The van der Waals surface area contributed by atoms with E-state index in [2.05, 4.69) is 6.92 Å². The van der Waals surface area contributed by atoms with E-state index in [0.717, 1.165) is 24.9 Å². The number of hydrogen-bond donors (Lipinski definition) is 0. The molecule has 0 bridgehead atoms. The summed E-state index contributed by atoms with van der Waals surface area (Å²) in [5.74, 6) is 0.0294. The van der Waals surface area contributed by atoms with Crippen LogP contribution in [0.5, 0.6) is 0 Å². The van der Waals surface area contributed by atoms with E-state index < -0.39 is 4.92 Å². The standard InChI is InChI=1S/C13H18N2O3/c1-3-4-9-14(11(2)16)10-12-5-7-13(8-6-12)15(17)18/h5-8H,3-4,9-10H2,1-2H3. The van der Waals surface area contributed by atoms with E-state index in [-0.39, 0.29) is 11.6 Å². The first-order valence-corrected chi connectivity index (χ1v) is 6.03. The molecule has 1 aromatic rings. The molecule has 0 saturated heterocycles. The lowest BCUT2D eigenvalue weighted by atomic mass is 10.2. The Hall–Kier alpha value is -1.91. The molecule has 18 heavy (non-hydrogen) atoms. The molecule has 0 N–H and O–H groups in total. The number of nitro groups is 1. The van der Waals surface area contributed by atoms with E-state index >= 15 is 0 Å². The number of amides is 1. The zero-order chi connectivity index (χ0) is 13.5. The van der Waals surface area contributed by atoms with E-state index in [4.69, 9.17) is 0 Å². The van der Waals surface area contributed by atoms with Crippen LogP contribution in [0.3, 0.4) is 0 Å². The number of nitrogens with zero attached hydrogens (tertiary/aromatic N) is 2. The van der Waals surface area contributed by atoms with Crippen molar-refractivity contribution in [3.63, 3.8) is 0 Å². The molecule has 0 aliphatic heterocycles. The summed E-state index contributed by atoms with van der Waals surface area (Å²) in [4.78, 5) is 23.3. The van der Waals surface area contributed by atoms with Crippen molar-refractivity contribution in [3.8, 4) is 0 Å². The largest absolute Gasteiger partial charge is 0.339 e. The molecule has 0 unspecified atom stereocenters. The van der Waals surface area contributed by atoms with Gasteiger partial charge in [0.15, 0.2) is 0 Å². The third kappa shape index (κ3) is 4.16. The minimum absolute atomic E-state index is 0.0294. The molecule has 0 heterocycles. The highest BCUT2D eigenvalue weighted by atomic mass is 16.6. The van der Waals surface area contributed by atoms with E-state index in [1.54, 1.807) is 24.0 Å². The summed E-state index contributed by atoms with van der Waals surface area (Å²) < 4.78 is 0. The van der Waals surface area contributed by atoms with Gasteiger partial charge in [0.25, 0.3) is 5.69 Å². The minimum Gasteiger partial charge on any atom is -0.339 e. The van der Waals surface area contributed by atoms with Gasteiger partial charge in [-0.15, -0.1) is 0 Å². The van der Waals surface area contributed by atoms with Gasteiger partial charge in [0.05, 0.1) is 4.92 Å². The number of unbranched alkanes of at least 4 members (excludes halogenated alkanes) is 1. The highest BCUT2D eigenvalue weighted by Crippen LogP contribution is 2.13. The number of carbonyl (C=O) groups is 1. The van der Waals surface area contributed by atoms with Crippen molar-refractivity contribution in [2.75, 3.05) is 6.54 Å². The van der Waals surface area contributed by atoms with Crippen LogP contribution in [-0.2, 0) is 11.3 Å². The molecule has 0 aromatic heterocycles. The number of carbonyl (C=O) groups excluding carboxylic acids is 1. The monoisotopic (exact) mass is 250 g/mol. The summed E-state index contributed by atoms with van der Waals surface area (Å²) in [7, 11) is 0. The second kappa shape index (κ2) is 6.74. The first-order valence-electron chi connectivity index (χ1n) is 6.03. The van der Waals surface area contributed by atoms with Gasteiger partial charge in [-0.05, 0) is 12.0 Å². The maximum absolute atomic E-state index is 11.4. The molecule has 1 rings (SSSR count). The third-order valence-corrected chi connectivity index (χ3v) is 2.75. The van der Waals surface area contributed by atoms with Crippen molar-refractivity contribution in [2.45, 2.75) is 33.2 Å². The van der Waals surface area contributed by atoms with Crippen molar-refractivity contribution in [1.82, 2.24) is 4.90 Å². The fraction of sp³-hybridized carbons (Fsp3) is 0.462. The van der Waals surface area contributed by atoms with Gasteiger partial charge in [0.1, 0.15) is 0 Å². The lowest BCUT2D eigenvalue weighted by Crippen LogP contribution is -2.29. The summed E-state index contributed by atoms with van der Waals surface area (Å²) >= 11 is 0. The van der Waals surface area contributed by atoms with E-state index in [1.165, 1.54) is 12.1 Å². The van der Waals surface area contributed by atoms with Gasteiger partial charge in [-0.1, -0.05) is 25.5 Å². The third-order valence-electron chi connectivity index (χ3n) is 2.75. The molecule has 5 heteroatoms. The van der Waals surface area contributed by atoms with Crippen molar-refractivity contribution in [3.05, 3.63) is 39.9 Å². The molecule has 0 spiro atoms. The van der Waals surface area contributed by atoms with Gasteiger partial charge >= 0.3 is 0 Å². The molecule has 0 atom stereocenters. The number of rotatable bonds is 6. The summed E-state index contributed by atoms with van der Waals surface area (Å²) in [6.45, 7) is 4.85. The second-order valence-electron chi connectivity index (χ2n) is 4.22. The minimum atomic E-state index is -0.427. The first kappa shape index (κ1) is 14.2. The van der Waals surface area contributed by atoms with E-state index in [1.807, 2.05) is 0 Å². The van der Waals surface area contributed by atoms with Crippen LogP contribution in [-0.4, -0.2) is 22.3 Å². The van der Waals surface area contributed by atoms with Gasteiger partial charge in [0.2, 0.25) is 5.91 Å². The van der Waals surface area contributed by atoms with Crippen LogP contribution in [0.1, 0.15) is 32.3 Å². The van der Waals surface area contributed by atoms with Crippen LogP contribution < -0.4 is 0 Å². The Balaban J connectivity index is 2.68. The average Bonchev–Trinajstić information content (AvgIpc) is 2.34. The van der Waals surface area contributed by atoms with Gasteiger partial charge in [-0.3, -0.25) is 14.9 Å². The van der Waals surface area contributed by atoms with Crippen molar-refractivity contribution in [2.24, 2.45) is 0 Å². The smallest absolute Gasteiger partial charge is 0.269 e. The molecule has 0 aliphatic rings. The molecule has 1 amide bonds. The van der Waals surface area contributed by atoms with Crippen molar-refractivity contribution >= 4 is 11.6 Å². The van der Waals surface area contributed by atoms with Crippen LogP contribution >= 0.6 is 0 Å². The lowest BCUT2D eigenvalue weighted by molar-refractivity contribution is -0.384. The highest BCUT2D eigenvalue weighted by Gasteiger charge is 2.10. The Morgan fingerprint density at radius 2 is 1.94 bits per heavy atom. The number of benzene rings is 1. The second-order valence-corrected chi connectivity index (χ2v) is 4.22. The maximum atomic E-state index is 11.4. The van der Waals surface area contributed by atoms with Crippen molar-refractivity contribution in [1.29, 1.82) is 0 Å². The molecule has 98 valence electrons. The maximum Gasteiger partial charge on any atom is 0.269 e. The Morgan fingerprint density at radius 1 is 1.33 bits per heavy atom. The summed E-state index contributed by atoms with van der Waals surface area (Å²) in [5.41, 5.74) is 0.980. The average molecular weight is 250 g/mol. The topological polar surface area (TPSA) is 63.4 Å². The van der Waals surface area contributed by atoms with Gasteiger partial charge in [-0.25, -0.2) is 0 Å². The Labute approximate surface area is 107 Å². The van der Waals surface area contributed by atoms with Gasteiger partial charge < -0.3 is 4.90 Å².